The molecule has 1 atom stereocenters. The summed E-state index contributed by atoms with van der Waals surface area (Å²) in [4.78, 5) is 53.4. The Hall–Kier alpha value is -4.41. The highest BCUT2D eigenvalue weighted by atomic mass is 16.6. The van der Waals surface area contributed by atoms with Crippen LogP contribution >= 0.6 is 0 Å². The van der Waals surface area contributed by atoms with Crippen molar-refractivity contribution < 1.29 is 38.5 Å². The number of amidine groups is 1. The van der Waals surface area contributed by atoms with Gasteiger partial charge in [0.25, 0.3) is 0 Å². The minimum absolute atomic E-state index is 0.0277. The number of hydrogen-bond acceptors (Lipinski definition) is 8. The molecule has 0 saturated heterocycles. The Morgan fingerprint density at radius 3 is 1.95 bits per heavy atom. The first-order valence-corrected chi connectivity index (χ1v) is 14.2. The van der Waals surface area contributed by atoms with Gasteiger partial charge in [0.1, 0.15) is 36.1 Å². The molecule has 3 N–H and O–H groups in total. The summed E-state index contributed by atoms with van der Waals surface area (Å²) in [6, 6.07) is 14.6. The van der Waals surface area contributed by atoms with Crippen LogP contribution in [0, 0.1) is 0 Å². The number of aliphatic imine (C=N–C) groups is 1. The Morgan fingerprint density at radius 2 is 1.42 bits per heavy atom. The molecule has 43 heavy (non-hydrogen) atoms. The quantitative estimate of drug-likeness (QED) is 0.108. The summed E-state index contributed by atoms with van der Waals surface area (Å²) in [5, 5.41) is 14.6. The Kier molecular flexibility index (Phi) is 10.9. The SMILES string of the molecule is CC(C)(C)OC(=O)CC(=NCCC[C@H](NC(=O)OCC1c2ccccc2-c2ccccc21)C(=O)O)NC(=O)OC(C)(C)C. The highest BCUT2D eigenvalue weighted by molar-refractivity contribution is 6.04. The van der Waals surface area contributed by atoms with Crippen molar-refractivity contribution in [3.05, 3.63) is 59.7 Å². The number of fused-ring (bicyclic) bond motifs is 3. The number of carbonyl (C=O) groups is 4. The van der Waals surface area contributed by atoms with Crippen LogP contribution in [0.5, 0.6) is 0 Å². The molecule has 2 aromatic rings. The number of alkyl carbamates (subject to hydrolysis) is 2. The number of esters is 1. The second kappa shape index (κ2) is 14.2. The average Bonchev–Trinajstić information content (AvgIpc) is 3.20. The van der Waals surface area contributed by atoms with E-state index in [1.54, 1.807) is 41.5 Å². The zero-order valence-corrected chi connectivity index (χ0v) is 25.6. The lowest BCUT2D eigenvalue weighted by Gasteiger charge is -2.21. The summed E-state index contributed by atoms with van der Waals surface area (Å²) in [6.07, 6.45) is -1.66. The normalized spacial score (nSPS) is 13.8. The van der Waals surface area contributed by atoms with E-state index in [1.165, 1.54) is 0 Å². The van der Waals surface area contributed by atoms with Gasteiger partial charge in [0.15, 0.2) is 0 Å². The maximum Gasteiger partial charge on any atom is 0.413 e. The molecule has 11 heteroatoms. The van der Waals surface area contributed by atoms with Crippen LogP contribution in [0.15, 0.2) is 53.5 Å². The molecule has 0 radical (unpaired) electrons. The molecule has 0 saturated carbocycles. The fourth-order valence-electron chi connectivity index (χ4n) is 4.62. The van der Waals surface area contributed by atoms with Crippen LogP contribution in [0.3, 0.4) is 0 Å². The first kappa shape index (κ1) is 33.1. The fourth-order valence-corrected chi connectivity index (χ4v) is 4.62. The topological polar surface area (TPSA) is 153 Å². The summed E-state index contributed by atoms with van der Waals surface area (Å²) in [5.74, 6) is -1.95. The molecule has 0 bridgehead atoms. The summed E-state index contributed by atoms with van der Waals surface area (Å²) in [7, 11) is 0. The van der Waals surface area contributed by atoms with Crippen molar-refractivity contribution in [1.29, 1.82) is 0 Å². The number of nitrogens with one attached hydrogen (secondary N) is 2. The highest BCUT2D eigenvalue weighted by Gasteiger charge is 2.30. The van der Waals surface area contributed by atoms with Crippen molar-refractivity contribution >= 4 is 30.0 Å². The number of carboxylic acids is 1. The monoisotopic (exact) mass is 595 g/mol. The van der Waals surface area contributed by atoms with Crippen molar-refractivity contribution in [3.63, 3.8) is 0 Å². The molecule has 232 valence electrons. The Balaban J connectivity index is 1.56. The van der Waals surface area contributed by atoms with Gasteiger partial charge in [-0.15, -0.1) is 0 Å². The number of rotatable bonds is 10. The lowest BCUT2D eigenvalue weighted by Crippen LogP contribution is -2.41. The van der Waals surface area contributed by atoms with Crippen LogP contribution in [-0.2, 0) is 23.8 Å². The third-order valence-electron chi connectivity index (χ3n) is 6.26. The van der Waals surface area contributed by atoms with Crippen LogP contribution in [0.4, 0.5) is 9.59 Å². The predicted octanol–water partition coefficient (Wildman–Crippen LogP) is 5.41. The molecule has 0 heterocycles. The van der Waals surface area contributed by atoms with E-state index in [-0.39, 0.29) is 44.2 Å². The highest BCUT2D eigenvalue weighted by Crippen LogP contribution is 2.44. The van der Waals surface area contributed by atoms with Crippen LogP contribution in [0.25, 0.3) is 11.1 Å². The van der Waals surface area contributed by atoms with E-state index in [4.69, 9.17) is 14.2 Å². The molecule has 1 aliphatic carbocycles. The summed E-state index contributed by atoms with van der Waals surface area (Å²) in [6.45, 7) is 10.4. The van der Waals surface area contributed by atoms with Crippen molar-refractivity contribution in [2.24, 2.45) is 4.99 Å². The predicted molar refractivity (Wildman–Crippen MR) is 161 cm³/mol. The van der Waals surface area contributed by atoms with E-state index < -0.39 is 41.4 Å². The Bertz CT molecular complexity index is 1280. The van der Waals surface area contributed by atoms with Crippen LogP contribution < -0.4 is 10.6 Å². The third-order valence-corrected chi connectivity index (χ3v) is 6.26. The third kappa shape index (κ3) is 10.4. The van der Waals surface area contributed by atoms with Gasteiger partial charge in [-0.25, -0.2) is 14.4 Å². The van der Waals surface area contributed by atoms with Crippen LogP contribution in [0.1, 0.15) is 77.8 Å². The lowest BCUT2D eigenvalue weighted by atomic mass is 9.98. The summed E-state index contributed by atoms with van der Waals surface area (Å²) >= 11 is 0. The molecule has 0 aliphatic heterocycles. The number of nitrogens with zero attached hydrogens (tertiary/aromatic N) is 1. The number of hydrogen-bond donors (Lipinski definition) is 3. The number of amides is 2. The van der Waals surface area contributed by atoms with Crippen molar-refractivity contribution in [2.75, 3.05) is 13.2 Å². The molecule has 1 aliphatic rings. The molecule has 0 unspecified atom stereocenters. The molecular formula is C32H41N3O8. The minimum atomic E-state index is -1.22. The number of carbonyl (C=O) groups excluding carboxylic acids is 3. The van der Waals surface area contributed by atoms with Gasteiger partial charge in [0.2, 0.25) is 0 Å². The number of carboxylic acid groups (broad SMARTS) is 1. The van der Waals surface area contributed by atoms with Crippen LogP contribution in [0.2, 0.25) is 0 Å². The first-order valence-electron chi connectivity index (χ1n) is 14.2. The van der Waals surface area contributed by atoms with E-state index in [0.29, 0.717) is 0 Å². The minimum Gasteiger partial charge on any atom is -0.480 e. The maximum absolute atomic E-state index is 12.6. The van der Waals surface area contributed by atoms with Gasteiger partial charge < -0.3 is 24.6 Å². The van der Waals surface area contributed by atoms with Gasteiger partial charge in [-0.1, -0.05) is 48.5 Å². The molecule has 3 rings (SSSR count). The second-order valence-electron chi connectivity index (χ2n) is 12.2. The van der Waals surface area contributed by atoms with Gasteiger partial charge in [-0.2, -0.15) is 0 Å². The lowest BCUT2D eigenvalue weighted by molar-refractivity contribution is -0.153. The van der Waals surface area contributed by atoms with E-state index in [0.717, 1.165) is 22.3 Å². The molecule has 11 nitrogen and oxygen atoms in total. The number of aliphatic carboxylic acids is 1. The van der Waals surface area contributed by atoms with E-state index >= 15 is 0 Å². The van der Waals surface area contributed by atoms with Gasteiger partial charge in [0, 0.05) is 12.5 Å². The van der Waals surface area contributed by atoms with Gasteiger partial charge >= 0.3 is 24.1 Å². The smallest absolute Gasteiger partial charge is 0.413 e. The average molecular weight is 596 g/mol. The molecule has 2 aromatic carbocycles. The molecular weight excluding hydrogens is 554 g/mol. The molecule has 0 fully saturated rings. The Morgan fingerprint density at radius 1 is 0.860 bits per heavy atom. The second-order valence-corrected chi connectivity index (χ2v) is 12.2. The fraction of sp³-hybridized carbons (Fsp3) is 0.469. The maximum atomic E-state index is 12.6. The number of benzene rings is 2. The Labute approximate surface area is 252 Å². The van der Waals surface area contributed by atoms with Gasteiger partial charge in [0.05, 0.1) is 0 Å². The van der Waals surface area contributed by atoms with Gasteiger partial charge in [-0.05, 0) is 76.6 Å². The molecule has 0 aromatic heterocycles. The summed E-state index contributed by atoms with van der Waals surface area (Å²) in [5.41, 5.74) is 2.78. The van der Waals surface area contributed by atoms with Crippen molar-refractivity contribution in [2.45, 2.75) is 84.0 Å². The van der Waals surface area contributed by atoms with Crippen molar-refractivity contribution in [3.8, 4) is 11.1 Å². The zero-order valence-electron chi connectivity index (χ0n) is 25.6. The zero-order chi connectivity index (χ0) is 31.8. The van der Waals surface area contributed by atoms with Crippen molar-refractivity contribution in [1.82, 2.24) is 10.6 Å². The van der Waals surface area contributed by atoms with Gasteiger partial charge in [-0.3, -0.25) is 15.1 Å². The van der Waals surface area contributed by atoms with E-state index in [1.807, 2.05) is 48.5 Å². The number of ether oxygens (including phenoxy) is 3. The first-order chi connectivity index (χ1) is 20.1. The molecule has 2 amide bonds. The van der Waals surface area contributed by atoms with E-state index in [9.17, 15) is 24.3 Å². The standard InChI is InChI=1S/C32H41N3O8/c1-31(2,3)42-27(36)18-26(35-30(40)43-32(4,5)6)33-17-11-16-25(28(37)38)34-29(39)41-19-24-22-14-9-7-12-20(22)21-13-8-10-15-23(21)24/h7-10,12-15,24-25H,11,16-19H2,1-6H3,(H,34,39)(H,37,38)(H,33,35,40)/t25-/m0/s1. The largest absolute Gasteiger partial charge is 0.480 e. The molecule has 0 spiro atoms. The van der Waals surface area contributed by atoms with E-state index in [2.05, 4.69) is 15.6 Å². The summed E-state index contributed by atoms with van der Waals surface area (Å²) < 4.78 is 16.0. The van der Waals surface area contributed by atoms with Crippen LogP contribution in [-0.4, -0.2) is 65.5 Å².